The molecule has 2 saturated heterocycles. The van der Waals surface area contributed by atoms with Crippen LogP contribution in [0.3, 0.4) is 0 Å². The summed E-state index contributed by atoms with van der Waals surface area (Å²) in [6.07, 6.45) is -14.6. The van der Waals surface area contributed by atoms with Gasteiger partial charge in [0.25, 0.3) is 0 Å². The van der Waals surface area contributed by atoms with Crippen LogP contribution in [0.15, 0.2) is 0 Å². The molecular formula is C15H32N2O11. The topological polar surface area (TPSA) is 242 Å². The zero-order valence-electron chi connectivity index (χ0n) is 15.3. The number of hydrogen-bond donors (Lipinski definition) is 10. The lowest BCUT2D eigenvalue weighted by Crippen LogP contribution is -2.64. The highest BCUT2D eigenvalue weighted by molar-refractivity contribution is 4.93. The Bertz CT molecular complexity index is 429. The van der Waals surface area contributed by atoms with Crippen LogP contribution < -0.4 is 11.5 Å². The van der Waals surface area contributed by atoms with Crippen LogP contribution in [0.2, 0.25) is 0 Å². The summed E-state index contributed by atoms with van der Waals surface area (Å²) in [5.41, 5.74) is 10.1. The summed E-state index contributed by atoms with van der Waals surface area (Å²) < 4.78 is 15.3. The van der Waals surface area contributed by atoms with Crippen LogP contribution in [-0.4, -0.2) is 129 Å². The highest BCUT2D eigenvalue weighted by Crippen LogP contribution is 2.28. The highest BCUT2D eigenvalue weighted by atomic mass is 16.7. The number of ether oxygens (including phenoxy) is 3. The fourth-order valence-electron chi connectivity index (χ4n) is 2.69. The Hall–Kier alpha value is -0.520. The molecule has 28 heavy (non-hydrogen) atoms. The van der Waals surface area contributed by atoms with E-state index >= 15 is 0 Å². The summed E-state index contributed by atoms with van der Waals surface area (Å²) in [7, 11) is 0. The lowest BCUT2D eigenvalue weighted by atomic mass is 9.97. The van der Waals surface area contributed by atoms with Crippen molar-refractivity contribution in [3.05, 3.63) is 0 Å². The van der Waals surface area contributed by atoms with Gasteiger partial charge in [0.1, 0.15) is 48.8 Å². The van der Waals surface area contributed by atoms with Gasteiger partial charge in [-0.2, -0.15) is 0 Å². The second-order valence-electron chi connectivity index (χ2n) is 6.46. The summed E-state index contributed by atoms with van der Waals surface area (Å²) in [5.74, 6) is 0. The van der Waals surface area contributed by atoms with Gasteiger partial charge in [0, 0.05) is 0 Å². The Labute approximate surface area is 161 Å². The van der Waals surface area contributed by atoms with Crippen LogP contribution in [0.4, 0.5) is 0 Å². The van der Waals surface area contributed by atoms with Gasteiger partial charge in [-0.05, 0) is 19.5 Å². The second-order valence-corrected chi connectivity index (χ2v) is 6.46. The van der Waals surface area contributed by atoms with E-state index in [9.17, 15) is 35.7 Å². The summed E-state index contributed by atoms with van der Waals surface area (Å²) in [4.78, 5) is 0. The fraction of sp³-hybridized carbons (Fsp3) is 1.00. The summed E-state index contributed by atoms with van der Waals surface area (Å²) >= 11 is 0. The number of nitrogens with two attached hydrogens (primary N) is 2. The molecule has 0 unspecified atom stereocenters. The average Bonchev–Trinajstić information content (AvgIpc) is 2.69. The maximum absolute atomic E-state index is 9.94. The van der Waals surface area contributed by atoms with Gasteiger partial charge in [-0.15, -0.1) is 0 Å². The largest absolute Gasteiger partial charge is 0.394 e. The van der Waals surface area contributed by atoms with E-state index in [1.807, 2.05) is 0 Å². The van der Waals surface area contributed by atoms with Gasteiger partial charge in [-0.25, -0.2) is 0 Å². The van der Waals surface area contributed by atoms with Crippen LogP contribution in [0.25, 0.3) is 0 Å². The standard InChI is InChI=1S/C12H22O11.C3H10N2/c13-1-3-5(15)6(16)9(19)12(22-3)23-10-4(2-14)21-11(20)8(18)7(10)17;4-2-1-3-5/h3-20H,1-2H2;1-5H2/t3-,4-,5-,6+,7-,8-,9-,10-,11-,12+;/m1./s1. The van der Waals surface area contributed by atoms with E-state index in [1.165, 1.54) is 0 Å². The summed E-state index contributed by atoms with van der Waals surface area (Å²) in [6, 6.07) is 0. The molecule has 0 bridgehead atoms. The SMILES string of the molecule is NCCCN.OC[C@H]1O[C@@H](O[C@H]2[C@H](O)[C@@H](O)[C@H](O)O[C@@H]2CO)[C@H](O)[C@@H](O)[C@@H]1O. The number of aliphatic hydroxyl groups is 8. The molecule has 2 heterocycles. The maximum atomic E-state index is 9.94. The monoisotopic (exact) mass is 416 g/mol. The molecule has 0 aromatic carbocycles. The Morgan fingerprint density at radius 2 is 1.25 bits per heavy atom. The van der Waals surface area contributed by atoms with Crippen LogP contribution in [0, 0.1) is 0 Å². The average molecular weight is 416 g/mol. The first kappa shape index (κ1) is 25.5. The molecule has 0 radical (unpaired) electrons. The molecule has 13 heteroatoms. The first-order valence-corrected chi connectivity index (χ1v) is 8.90. The van der Waals surface area contributed by atoms with Crippen molar-refractivity contribution >= 4 is 0 Å². The summed E-state index contributed by atoms with van der Waals surface area (Å²) in [6.45, 7) is 0.0925. The van der Waals surface area contributed by atoms with Crippen molar-refractivity contribution in [3.8, 4) is 0 Å². The third-order valence-electron chi connectivity index (χ3n) is 4.39. The predicted octanol–water partition coefficient (Wildman–Crippen LogP) is -6.10. The van der Waals surface area contributed by atoms with Gasteiger partial charge in [-0.1, -0.05) is 0 Å². The Morgan fingerprint density at radius 1 is 0.679 bits per heavy atom. The van der Waals surface area contributed by atoms with E-state index in [0.717, 1.165) is 19.5 Å². The zero-order chi connectivity index (χ0) is 21.4. The normalized spacial score (nSPS) is 43.9. The van der Waals surface area contributed by atoms with Crippen LogP contribution >= 0.6 is 0 Å². The number of aliphatic hydroxyl groups excluding tert-OH is 8. The van der Waals surface area contributed by atoms with Crippen molar-refractivity contribution in [1.29, 1.82) is 0 Å². The minimum Gasteiger partial charge on any atom is -0.394 e. The molecule has 168 valence electrons. The van der Waals surface area contributed by atoms with Gasteiger partial charge in [0.05, 0.1) is 13.2 Å². The quantitative estimate of drug-likeness (QED) is 0.194. The van der Waals surface area contributed by atoms with E-state index in [4.69, 9.17) is 30.8 Å². The molecule has 0 aromatic rings. The van der Waals surface area contributed by atoms with Gasteiger partial charge >= 0.3 is 0 Å². The van der Waals surface area contributed by atoms with Crippen molar-refractivity contribution in [1.82, 2.24) is 0 Å². The first-order chi connectivity index (χ1) is 13.2. The van der Waals surface area contributed by atoms with Gasteiger partial charge in [0.2, 0.25) is 0 Å². The smallest absolute Gasteiger partial charge is 0.187 e. The molecule has 2 aliphatic rings. The molecule has 2 rings (SSSR count). The number of rotatable bonds is 6. The molecule has 0 aromatic heterocycles. The van der Waals surface area contributed by atoms with E-state index in [-0.39, 0.29) is 0 Å². The molecule has 13 nitrogen and oxygen atoms in total. The molecular weight excluding hydrogens is 384 g/mol. The van der Waals surface area contributed by atoms with Gasteiger partial charge in [-0.3, -0.25) is 0 Å². The minimum absolute atomic E-state index is 0.667. The van der Waals surface area contributed by atoms with Crippen LogP contribution in [0.5, 0.6) is 0 Å². The molecule has 2 aliphatic heterocycles. The molecule has 2 fully saturated rings. The number of hydrogen-bond acceptors (Lipinski definition) is 13. The van der Waals surface area contributed by atoms with Crippen molar-refractivity contribution in [3.63, 3.8) is 0 Å². The third kappa shape index (κ3) is 6.24. The lowest BCUT2D eigenvalue weighted by molar-refractivity contribution is -0.355. The fourth-order valence-corrected chi connectivity index (χ4v) is 2.69. The van der Waals surface area contributed by atoms with Crippen molar-refractivity contribution in [2.24, 2.45) is 11.5 Å². The van der Waals surface area contributed by atoms with Crippen LogP contribution in [0.1, 0.15) is 6.42 Å². The van der Waals surface area contributed by atoms with E-state index in [0.29, 0.717) is 0 Å². The van der Waals surface area contributed by atoms with E-state index < -0.39 is 74.6 Å². The Morgan fingerprint density at radius 3 is 1.71 bits per heavy atom. The zero-order valence-corrected chi connectivity index (χ0v) is 15.3. The minimum atomic E-state index is -1.74. The van der Waals surface area contributed by atoms with E-state index in [2.05, 4.69) is 0 Å². The molecule has 10 atom stereocenters. The maximum Gasteiger partial charge on any atom is 0.187 e. The van der Waals surface area contributed by atoms with Crippen molar-refractivity contribution in [2.75, 3.05) is 26.3 Å². The Kier molecular flexibility index (Phi) is 11.2. The van der Waals surface area contributed by atoms with Crippen LogP contribution in [-0.2, 0) is 14.2 Å². The second kappa shape index (κ2) is 12.2. The molecule has 0 aliphatic carbocycles. The molecule has 0 spiro atoms. The predicted molar refractivity (Wildman–Crippen MR) is 91.3 cm³/mol. The molecule has 0 saturated carbocycles. The third-order valence-corrected chi connectivity index (χ3v) is 4.39. The summed E-state index contributed by atoms with van der Waals surface area (Å²) in [5, 5.41) is 76.5. The highest BCUT2D eigenvalue weighted by Gasteiger charge is 2.50. The lowest BCUT2D eigenvalue weighted by Gasteiger charge is -2.45. The van der Waals surface area contributed by atoms with Gasteiger partial charge < -0.3 is 66.5 Å². The Balaban J connectivity index is 0.000000696. The van der Waals surface area contributed by atoms with Crippen molar-refractivity contribution in [2.45, 2.75) is 67.8 Å². The van der Waals surface area contributed by atoms with Gasteiger partial charge in [0.15, 0.2) is 12.6 Å². The molecule has 0 amide bonds. The van der Waals surface area contributed by atoms with Crippen molar-refractivity contribution < 1.29 is 55.1 Å². The van der Waals surface area contributed by atoms with E-state index in [1.54, 1.807) is 0 Å². The molecule has 12 N–H and O–H groups in total. The first-order valence-electron chi connectivity index (χ1n) is 8.90.